The second-order valence-electron chi connectivity index (χ2n) is 9.89. The molecular weight excluding hydrogens is 375 g/mol. The number of halogens is 1. The van der Waals surface area contributed by atoms with E-state index < -0.39 is 23.8 Å². The Morgan fingerprint density at radius 2 is 1.97 bits per heavy atom. The highest BCUT2D eigenvalue weighted by molar-refractivity contribution is 5.90. The molecule has 2 bridgehead atoms. The Balaban J connectivity index is 1.82. The molecule has 0 spiro atoms. The second-order valence-corrected chi connectivity index (χ2v) is 9.89. The molecule has 29 heavy (non-hydrogen) atoms. The molecule has 1 saturated carbocycles. The highest BCUT2D eigenvalue weighted by atomic mass is 19.1. The fraction of sp³-hybridized carbons (Fsp3) is 0.545. The van der Waals surface area contributed by atoms with Crippen molar-refractivity contribution >= 4 is 22.8 Å². The van der Waals surface area contributed by atoms with E-state index >= 15 is 0 Å². The summed E-state index contributed by atoms with van der Waals surface area (Å²) < 4.78 is 15.3. The van der Waals surface area contributed by atoms with Crippen LogP contribution < -0.4 is 0 Å². The first-order valence-electron chi connectivity index (χ1n) is 9.97. The molecule has 3 atom stereocenters. The first kappa shape index (κ1) is 19.9. The van der Waals surface area contributed by atoms with Gasteiger partial charge in [0.2, 0.25) is 0 Å². The summed E-state index contributed by atoms with van der Waals surface area (Å²) in [6.07, 6.45) is 4.51. The average molecular weight is 402 g/mol. The predicted octanol–water partition coefficient (Wildman–Crippen LogP) is 3.89. The van der Waals surface area contributed by atoms with Crippen LogP contribution in [0, 0.1) is 16.6 Å². The van der Waals surface area contributed by atoms with Gasteiger partial charge in [-0.3, -0.25) is 14.5 Å². The molecule has 0 unspecified atom stereocenters. The molecule has 0 radical (unpaired) electrons. The second kappa shape index (κ2) is 6.55. The molecule has 4 rings (SSSR count). The van der Waals surface area contributed by atoms with Gasteiger partial charge in [0.25, 0.3) is 0 Å². The van der Waals surface area contributed by atoms with Crippen LogP contribution in [0.25, 0.3) is 10.9 Å². The van der Waals surface area contributed by atoms with Crippen molar-refractivity contribution in [3.8, 4) is 0 Å². The maximum Gasteiger partial charge on any atom is 0.325 e. The molecule has 0 amide bonds. The number of nitrogens with zero attached hydrogens (tertiary/aromatic N) is 2. The number of likely N-dealkylation sites (tertiary alicyclic amines) is 1. The van der Waals surface area contributed by atoms with Crippen LogP contribution in [0.15, 0.2) is 24.4 Å². The number of hydrogen-bond donors (Lipinski definition) is 2. The number of benzene rings is 1. The molecule has 6 nitrogen and oxygen atoms in total. The summed E-state index contributed by atoms with van der Waals surface area (Å²) in [4.78, 5) is 25.8. The first-order valence-corrected chi connectivity index (χ1v) is 9.97. The van der Waals surface area contributed by atoms with E-state index in [9.17, 15) is 24.2 Å². The van der Waals surface area contributed by atoms with Crippen molar-refractivity contribution in [1.29, 1.82) is 0 Å². The zero-order valence-electron chi connectivity index (χ0n) is 17.0. The number of carbonyl (C=O) groups is 2. The summed E-state index contributed by atoms with van der Waals surface area (Å²) in [6.45, 7) is 7.03. The van der Waals surface area contributed by atoms with Gasteiger partial charge in [0, 0.05) is 29.7 Å². The van der Waals surface area contributed by atoms with Gasteiger partial charge >= 0.3 is 11.9 Å². The number of rotatable bonds is 5. The molecule has 2 N–H and O–H groups in total. The maximum atomic E-state index is 13.8. The molecule has 2 fully saturated rings. The van der Waals surface area contributed by atoms with Crippen LogP contribution in [-0.2, 0) is 16.1 Å². The standard InChI is InChI=1S/C22H27FN2O4/c1-21(2)7-14-8-22(3,11-21)12-25(14)19(20(28)29)16-9-24(10-18(26)27)17-6-13(23)4-5-15(16)17/h4-6,9,14,19H,7-8,10-12H2,1-3H3,(H,26,27)(H,28,29)/t14-,19-,22+/m0/s1. The SMILES string of the molecule is CC1(C)C[C@H]2C[C@@](C)(CN2[C@H](C(=O)O)c2cn(CC(=O)O)c3cc(F)ccc23)C1. The van der Waals surface area contributed by atoms with E-state index in [0.29, 0.717) is 23.0 Å². The number of aromatic nitrogens is 1. The zero-order valence-corrected chi connectivity index (χ0v) is 17.0. The monoisotopic (exact) mass is 402 g/mol. The molecule has 1 aliphatic heterocycles. The van der Waals surface area contributed by atoms with E-state index in [4.69, 9.17) is 0 Å². The zero-order chi connectivity index (χ0) is 21.1. The third-order valence-electron chi connectivity index (χ3n) is 6.50. The van der Waals surface area contributed by atoms with E-state index in [0.717, 1.165) is 19.3 Å². The van der Waals surface area contributed by atoms with Crippen LogP contribution in [0.4, 0.5) is 4.39 Å². The van der Waals surface area contributed by atoms with Crippen molar-refractivity contribution in [3.63, 3.8) is 0 Å². The lowest BCUT2D eigenvalue weighted by atomic mass is 9.65. The number of hydrogen-bond acceptors (Lipinski definition) is 3. The van der Waals surface area contributed by atoms with E-state index in [2.05, 4.69) is 25.7 Å². The van der Waals surface area contributed by atoms with E-state index in [1.165, 1.54) is 16.7 Å². The average Bonchev–Trinajstić information content (AvgIpc) is 3.01. The minimum Gasteiger partial charge on any atom is -0.480 e. The largest absolute Gasteiger partial charge is 0.480 e. The minimum absolute atomic E-state index is 0.0612. The van der Waals surface area contributed by atoms with E-state index in [1.807, 2.05) is 0 Å². The number of aliphatic carboxylic acids is 2. The van der Waals surface area contributed by atoms with Gasteiger partial charge in [0.15, 0.2) is 0 Å². The lowest BCUT2D eigenvalue weighted by Crippen LogP contribution is -2.39. The lowest BCUT2D eigenvalue weighted by molar-refractivity contribution is -0.144. The lowest BCUT2D eigenvalue weighted by Gasteiger charge is -2.40. The number of carboxylic acids is 2. The van der Waals surface area contributed by atoms with Gasteiger partial charge in [-0.05, 0) is 48.3 Å². The third kappa shape index (κ3) is 3.52. The normalized spacial score (nSPS) is 27.2. The molecule has 1 aromatic carbocycles. The Morgan fingerprint density at radius 1 is 1.24 bits per heavy atom. The Bertz CT molecular complexity index is 998. The fourth-order valence-corrected chi connectivity index (χ4v) is 6.05. The molecule has 1 aliphatic carbocycles. The van der Waals surface area contributed by atoms with Crippen LogP contribution in [0.2, 0.25) is 0 Å². The van der Waals surface area contributed by atoms with Gasteiger partial charge in [0.05, 0.1) is 5.52 Å². The summed E-state index contributed by atoms with van der Waals surface area (Å²) in [5.74, 6) is -2.50. The van der Waals surface area contributed by atoms with Gasteiger partial charge in [-0.2, -0.15) is 0 Å². The molecular formula is C22H27FN2O4. The van der Waals surface area contributed by atoms with E-state index in [1.54, 1.807) is 12.3 Å². The third-order valence-corrected chi connectivity index (χ3v) is 6.50. The summed E-state index contributed by atoms with van der Waals surface area (Å²) in [5, 5.41) is 20.0. The number of fused-ring (bicyclic) bond motifs is 3. The molecule has 2 aromatic rings. The molecule has 2 aliphatic rings. The summed E-state index contributed by atoms with van der Waals surface area (Å²) in [6, 6.07) is 3.39. The van der Waals surface area contributed by atoms with Crippen LogP contribution in [0.5, 0.6) is 0 Å². The number of carboxylic acid groups (broad SMARTS) is 2. The van der Waals surface area contributed by atoms with Crippen LogP contribution in [0.1, 0.15) is 51.6 Å². The van der Waals surface area contributed by atoms with Crippen LogP contribution in [-0.4, -0.2) is 44.2 Å². The highest BCUT2D eigenvalue weighted by Crippen LogP contribution is 2.54. The Hall–Kier alpha value is -2.41. The van der Waals surface area contributed by atoms with E-state index in [-0.39, 0.29) is 23.4 Å². The van der Waals surface area contributed by atoms with Crippen molar-refractivity contribution in [2.75, 3.05) is 6.54 Å². The summed E-state index contributed by atoms with van der Waals surface area (Å²) >= 11 is 0. The Kier molecular flexibility index (Phi) is 4.49. The van der Waals surface area contributed by atoms with Crippen molar-refractivity contribution in [1.82, 2.24) is 9.47 Å². The first-order chi connectivity index (χ1) is 13.5. The van der Waals surface area contributed by atoms with Gasteiger partial charge in [-0.25, -0.2) is 4.39 Å². The molecule has 1 saturated heterocycles. The molecule has 2 heterocycles. The summed E-state index contributed by atoms with van der Waals surface area (Å²) in [7, 11) is 0. The fourth-order valence-electron chi connectivity index (χ4n) is 6.05. The molecule has 1 aromatic heterocycles. The topological polar surface area (TPSA) is 82.8 Å². The van der Waals surface area contributed by atoms with Crippen molar-refractivity contribution < 1.29 is 24.2 Å². The van der Waals surface area contributed by atoms with Gasteiger partial charge in [-0.15, -0.1) is 0 Å². The summed E-state index contributed by atoms with van der Waals surface area (Å²) in [5.41, 5.74) is 1.15. The Morgan fingerprint density at radius 3 is 2.62 bits per heavy atom. The quantitative estimate of drug-likeness (QED) is 0.793. The van der Waals surface area contributed by atoms with Gasteiger partial charge < -0.3 is 14.8 Å². The van der Waals surface area contributed by atoms with Crippen LogP contribution >= 0.6 is 0 Å². The van der Waals surface area contributed by atoms with Crippen molar-refractivity contribution in [2.45, 2.75) is 58.7 Å². The van der Waals surface area contributed by atoms with Gasteiger partial charge in [-0.1, -0.05) is 20.8 Å². The Labute approximate surface area is 168 Å². The van der Waals surface area contributed by atoms with Crippen LogP contribution in [0.3, 0.4) is 0 Å². The van der Waals surface area contributed by atoms with Crippen molar-refractivity contribution in [3.05, 3.63) is 35.8 Å². The highest BCUT2D eigenvalue weighted by Gasteiger charge is 2.52. The van der Waals surface area contributed by atoms with Gasteiger partial charge in [0.1, 0.15) is 18.4 Å². The van der Waals surface area contributed by atoms with Crippen molar-refractivity contribution in [2.24, 2.45) is 10.8 Å². The minimum atomic E-state index is -1.06. The smallest absolute Gasteiger partial charge is 0.325 e. The maximum absolute atomic E-state index is 13.8. The molecule has 156 valence electrons. The molecule has 7 heteroatoms. The predicted molar refractivity (Wildman–Crippen MR) is 106 cm³/mol.